The molecule has 0 bridgehead atoms. The van der Waals surface area contributed by atoms with E-state index in [4.69, 9.17) is 0 Å². The lowest BCUT2D eigenvalue weighted by Gasteiger charge is -2.39. The quantitative estimate of drug-likeness (QED) is 0.453. The maximum atomic E-state index is 9.96. The molecule has 4 heteroatoms. The molecule has 0 aliphatic rings. The third kappa shape index (κ3) is 11.4. The lowest BCUT2D eigenvalue weighted by molar-refractivity contribution is -0.929. The number of thiophene rings is 1. The van der Waals surface area contributed by atoms with Crippen molar-refractivity contribution in [3.8, 4) is 0 Å². The number of aromatic carboxylic acids is 1. The molecular weight excluding hydrogens is 330 g/mol. The van der Waals surface area contributed by atoms with Gasteiger partial charge in [-0.1, -0.05) is 59.4 Å². The van der Waals surface area contributed by atoms with Crippen molar-refractivity contribution in [3.63, 3.8) is 0 Å². The van der Waals surface area contributed by atoms with Gasteiger partial charge >= 0.3 is 0 Å². The second kappa shape index (κ2) is 15.4. The van der Waals surface area contributed by atoms with Crippen molar-refractivity contribution in [1.29, 1.82) is 0 Å². The minimum Gasteiger partial charge on any atom is -0.544 e. The average Bonchev–Trinajstić information content (AvgIpc) is 3.16. The lowest BCUT2D eigenvalue weighted by Crippen LogP contribution is -2.50. The van der Waals surface area contributed by atoms with E-state index in [9.17, 15) is 9.90 Å². The molecule has 146 valence electrons. The molecule has 0 spiro atoms. The topological polar surface area (TPSA) is 40.1 Å². The summed E-state index contributed by atoms with van der Waals surface area (Å²) in [6.07, 6.45) is 11.1. The van der Waals surface area contributed by atoms with Gasteiger partial charge in [0.1, 0.15) is 0 Å². The van der Waals surface area contributed by atoms with Crippen LogP contribution in [0.4, 0.5) is 0 Å². The number of carbonyl (C=O) groups excluding carboxylic acids is 1. The Hall–Kier alpha value is -0.870. The highest BCUT2D eigenvalue weighted by Crippen LogP contribution is 2.16. The van der Waals surface area contributed by atoms with Crippen molar-refractivity contribution in [3.05, 3.63) is 22.4 Å². The standard InChI is InChI=1S/C16H36N.C5H4O2S/c1-5-9-13-17(14-10-6-2,15-11-7-3)16-12-8-4;6-5(7)4-2-1-3-8-4/h5-16H2,1-4H3;1-3H,(H,6,7)/q+1;/p-1. The molecule has 0 radical (unpaired) electrons. The summed E-state index contributed by atoms with van der Waals surface area (Å²) in [5, 5.41) is 11.7. The van der Waals surface area contributed by atoms with Crippen LogP contribution in [-0.2, 0) is 0 Å². The smallest absolute Gasteiger partial charge is 0.0815 e. The summed E-state index contributed by atoms with van der Waals surface area (Å²) in [7, 11) is 0. The van der Waals surface area contributed by atoms with Gasteiger partial charge < -0.3 is 14.4 Å². The number of carboxylic acids is 1. The Morgan fingerprint density at radius 2 is 1.28 bits per heavy atom. The van der Waals surface area contributed by atoms with E-state index in [1.54, 1.807) is 11.4 Å². The Morgan fingerprint density at radius 1 is 0.880 bits per heavy atom. The molecule has 0 N–H and O–H groups in total. The normalized spacial score (nSPS) is 11.0. The SMILES string of the molecule is CCCC[N+](CCCC)(CCCC)CCCC.O=C([O-])c1cccs1. The first-order chi connectivity index (χ1) is 12.0. The third-order valence-corrected chi connectivity index (χ3v) is 5.52. The Morgan fingerprint density at radius 3 is 1.48 bits per heavy atom. The van der Waals surface area contributed by atoms with Crippen LogP contribution in [-0.4, -0.2) is 36.6 Å². The van der Waals surface area contributed by atoms with Crippen LogP contribution in [0.25, 0.3) is 0 Å². The number of nitrogens with zero attached hydrogens (tertiary/aromatic N) is 1. The summed E-state index contributed by atoms with van der Waals surface area (Å²) in [5.74, 6) is -1.10. The number of carboxylic acid groups (broad SMARTS) is 1. The molecule has 0 saturated carbocycles. The van der Waals surface area contributed by atoms with Crippen molar-refractivity contribution in [2.24, 2.45) is 0 Å². The minimum atomic E-state index is -1.10. The molecule has 0 aromatic carbocycles. The molecule has 0 atom stereocenters. The van der Waals surface area contributed by atoms with Crippen molar-refractivity contribution >= 4 is 17.3 Å². The summed E-state index contributed by atoms with van der Waals surface area (Å²) >= 11 is 1.17. The highest BCUT2D eigenvalue weighted by molar-refractivity contribution is 7.11. The molecule has 1 heterocycles. The fourth-order valence-electron chi connectivity index (χ4n) is 3.04. The van der Waals surface area contributed by atoms with Crippen LogP contribution in [0.2, 0.25) is 0 Å². The first kappa shape index (κ1) is 24.1. The molecule has 25 heavy (non-hydrogen) atoms. The molecule has 1 rings (SSSR count). The molecule has 0 aliphatic carbocycles. The largest absolute Gasteiger partial charge is 0.544 e. The van der Waals surface area contributed by atoms with Crippen LogP contribution < -0.4 is 5.11 Å². The second-order valence-electron chi connectivity index (χ2n) is 6.92. The predicted octanol–water partition coefficient (Wildman–Crippen LogP) is 5.12. The Bertz CT molecular complexity index is 380. The Balaban J connectivity index is 0.000000593. The molecule has 1 aromatic heterocycles. The fraction of sp³-hybridized carbons (Fsp3) is 0.762. The van der Waals surface area contributed by atoms with E-state index in [-0.39, 0.29) is 4.88 Å². The zero-order chi connectivity index (χ0) is 19.0. The molecule has 1 aromatic rings. The van der Waals surface area contributed by atoms with Gasteiger partial charge in [0, 0.05) is 4.88 Å². The number of quaternary nitrogens is 1. The Labute approximate surface area is 159 Å². The van der Waals surface area contributed by atoms with Crippen LogP contribution in [0, 0.1) is 0 Å². The van der Waals surface area contributed by atoms with Crippen LogP contribution in [0.3, 0.4) is 0 Å². The van der Waals surface area contributed by atoms with Gasteiger partial charge in [-0.3, -0.25) is 0 Å². The van der Waals surface area contributed by atoms with Gasteiger partial charge in [-0.25, -0.2) is 0 Å². The zero-order valence-corrected chi connectivity index (χ0v) is 17.7. The highest BCUT2D eigenvalue weighted by Gasteiger charge is 2.24. The van der Waals surface area contributed by atoms with Gasteiger partial charge in [-0.05, 0) is 37.1 Å². The van der Waals surface area contributed by atoms with E-state index in [2.05, 4.69) is 27.7 Å². The van der Waals surface area contributed by atoms with E-state index in [0.29, 0.717) is 0 Å². The molecule has 0 aliphatic heterocycles. The highest BCUT2D eigenvalue weighted by atomic mass is 32.1. The predicted molar refractivity (Wildman–Crippen MR) is 108 cm³/mol. The van der Waals surface area contributed by atoms with E-state index < -0.39 is 5.97 Å². The van der Waals surface area contributed by atoms with Gasteiger partial charge in [0.25, 0.3) is 0 Å². The minimum absolute atomic E-state index is 0.282. The first-order valence-corrected chi connectivity index (χ1v) is 11.0. The average molecular weight is 370 g/mol. The molecule has 0 fully saturated rings. The van der Waals surface area contributed by atoms with Crippen molar-refractivity contribution in [2.75, 3.05) is 26.2 Å². The van der Waals surface area contributed by atoms with Gasteiger partial charge in [0.05, 0.1) is 32.1 Å². The zero-order valence-electron chi connectivity index (χ0n) is 16.9. The summed E-state index contributed by atoms with van der Waals surface area (Å²) in [4.78, 5) is 10.2. The molecule has 3 nitrogen and oxygen atoms in total. The van der Waals surface area contributed by atoms with Crippen LogP contribution in [0.1, 0.15) is 88.7 Å². The van der Waals surface area contributed by atoms with Gasteiger partial charge in [0.2, 0.25) is 0 Å². The second-order valence-corrected chi connectivity index (χ2v) is 7.86. The Kier molecular flexibility index (Phi) is 14.9. The van der Waals surface area contributed by atoms with Gasteiger partial charge in [-0.2, -0.15) is 0 Å². The monoisotopic (exact) mass is 369 g/mol. The summed E-state index contributed by atoms with van der Waals surface area (Å²) < 4.78 is 1.42. The van der Waals surface area contributed by atoms with E-state index in [1.165, 1.54) is 99.4 Å². The molecular formula is C21H39NO2S. The number of hydrogen-bond acceptors (Lipinski definition) is 3. The maximum Gasteiger partial charge on any atom is 0.0815 e. The van der Waals surface area contributed by atoms with E-state index in [1.807, 2.05) is 0 Å². The third-order valence-electron chi connectivity index (χ3n) is 4.67. The summed E-state index contributed by atoms with van der Waals surface area (Å²) in [6.45, 7) is 15.0. The van der Waals surface area contributed by atoms with E-state index >= 15 is 0 Å². The number of hydrogen-bond donors (Lipinski definition) is 0. The van der Waals surface area contributed by atoms with Crippen LogP contribution in [0.15, 0.2) is 17.5 Å². The first-order valence-electron chi connectivity index (χ1n) is 10.1. The van der Waals surface area contributed by atoms with Gasteiger partial charge in [0.15, 0.2) is 0 Å². The molecule has 0 saturated heterocycles. The summed E-state index contributed by atoms with van der Waals surface area (Å²) in [5.41, 5.74) is 0. The van der Waals surface area contributed by atoms with E-state index in [0.717, 1.165) is 0 Å². The molecule has 0 unspecified atom stereocenters. The summed E-state index contributed by atoms with van der Waals surface area (Å²) in [6, 6.07) is 3.19. The van der Waals surface area contributed by atoms with Crippen molar-refractivity contribution < 1.29 is 14.4 Å². The fourth-order valence-corrected chi connectivity index (χ4v) is 3.60. The molecule has 0 amide bonds. The lowest BCUT2D eigenvalue weighted by atomic mass is 10.1. The number of carbonyl (C=O) groups is 1. The van der Waals surface area contributed by atoms with Crippen LogP contribution >= 0.6 is 11.3 Å². The maximum absolute atomic E-state index is 9.96. The van der Waals surface area contributed by atoms with Crippen molar-refractivity contribution in [1.82, 2.24) is 0 Å². The van der Waals surface area contributed by atoms with Gasteiger partial charge in [-0.15, -0.1) is 11.3 Å². The number of unbranched alkanes of at least 4 members (excludes halogenated alkanes) is 4. The van der Waals surface area contributed by atoms with Crippen molar-refractivity contribution in [2.45, 2.75) is 79.1 Å². The van der Waals surface area contributed by atoms with Crippen LogP contribution in [0.5, 0.6) is 0 Å². The number of rotatable bonds is 13.